The van der Waals surface area contributed by atoms with Crippen LogP contribution in [0.15, 0.2) is 97.2 Å². The molecule has 35 heavy (non-hydrogen) atoms. The van der Waals surface area contributed by atoms with Crippen LogP contribution in [-0.2, 0) is 6.42 Å². The number of amides is 2. The van der Waals surface area contributed by atoms with E-state index in [4.69, 9.17) is 4.74 Å². The predicted octanol–water partition coefficient (Wildman–Crippen LogP) is 7.01. The average Bonchev–Trinajstić information content (AvgIpc) is 2.82. The minimum Gasteiger partial charge on any atom is -0.437 e. The quantitative estimate of drug-likeness (QED) is 0.299. The van der Waals surface area contributed by atoms with Crippen molar-refractivity contribution < 1.29 is 27.4 Å². The van der Waals surface area contributed by atoms with Crippen molar-refractivity contribution in [3.05, 3.63) is 108 Å². The summed E-state index contributed by atoms with van der Waals surface area (Å²) < 4.78 is 46.8. The number of urea groups is 1. The van der Waals surface area contributed by atoms with Crippen LogP contribution >= 0.6 is 0 Å². The molecule has 178 valence electrons. The van der Waals surface area contributed by atoms with Crippen molar-refractivity contribution in [2.45, 2.75) is 12.8 Å². The molecular formula is C26H20F3N3O3. The molecule has 0 aliphatic rings. The van der Waals surface area contributed by atoms with Crippen LogP contribution in [0.3, 0.4) is 0 Å². The molecule has 1 heterocycles. The molecule has 0 fully saturated rings. The maximum atomic E-state index is 12.5. The van der Waals surface area contributed by atoms with Gasteiger partial charge < -0.3 is 20.1 Å². The molecule has 1 aromatic heterocycles. The van der Waals surface area contributed by atoms with Gasteiger partial charge in [0.2, 0.25) is 5.88 Å². The van der Waals surface area contributed by atoms with Gasteiger partial charge in [-0.05, 0) is 53.6 Å². The zero-order valence-electron chi connectivity index (χ0n) is 18.3. The summed E-state index contributed by atoms with van der Waals surface area (Å²) in [4.78, 5) is 16.7. The Labute approximate surface area is 199 Å². The molecule has 0 radical (unpaired) electrons. The lowest BCUT2D eigenvalue weighted by atomic mass is 10.0. The number of nitrogens with zero attached hydrogens (tertiary/aromatic N) is 1. The monoisotopic (exact) mass is 479 g/mol. The molecular weight excluding hydrogens is 459 g/mol. The summed E-state index contributed by atoms with van der Waals surface area (Å²) in [6, 6.07) is 24.9. The largest absolute Gasteiger partial charge is 0.573 e. The number of para-hydroxylation sites is 1. The minimum absolute atomic E-state index is 0.192. The van der Waals surface area contributed by atoms with E-state index in [0.29, 0.717) is 17.9 Å². The summed E-state index contributed by atoms with van der Waals surface area (Å²) in [7, 11) is 0. The lowest BCUT2D eigenvalue weighted by Gasteiger charge is -2.14. The molecule has 0 atom stereocenters. The van der Waals surface area contributed by atoms with Crippen LogP contribution in [-0.4, -0.2) is 17.4 Å². The number of aromatic nitrogens is 1. The second-order valence-corrected chi connectivity index (χ2v) is 7.38. The lowest BCUT2D eigenvalue weighted by Crippen LogP contribution is -2.20. The van der Waals surface area contributed by atoms with Crippen LogP contribution in [0.1, 0.15) is 11.1 Å². The van der Waals surface area contributed by atoms with Gasteiger partial charge in [-0.15, -0.1) is 13.2 Å². The first-order chi connectivity index (χ1) is 16.9. The highest BCUT2D eigenvalue weighted by Gasteiger charge is 2.31. The second kappa shape index (κ2) is 10.6. The number of hydrogen-bond acceptors (Lipinski definition) is 4. The summed E-state index contributed by atoms with van der Waals surface area (Å²) in [6.07, 6.45) is -2.60. The Morgan fingerprint density at radius 3 is 2.29 bits per heavy atom. The molecule has 2 amide bonds. The Balaban J connectivity index is 1.44. The Morgan fingerprint density at radius 2 is 1.54 bits per heavy atom. The van der Waals surface area contributed by atoms with E-state index in [1.165, 1.54) is 18.3 Å². The SMILES string of the molecule is O=C(Nc1ccc(OC(F)(F)F)cc1)Nc1cccnc1Oc1ccccc1Cc1ccccc1. The number of ether oxygens (including phenoxy) is 2. The Hall–Kier alpha value is -4.53. The minimum atomic E-state index is -4.79. The molecule has 0 unspecified atom stereocenters. The summed E-state index contributed by atoms with van der Waals surface area (Å²) in [5, 5.41) is 5.20. The van der Waals surface area contributed by atoms with Crippen molar-refractivity contribution in [1.29, 1.82) is 0 Å². The number of carbonyl (C=O) groups excluding carboxylic acids is 1. The van der Waals surface area contributed by atoms with Gasteiger partial charge in [-0.1, -0.05) is 48.5 Å². The van der Waals surface area contributed by atoms with Crippen LogP contribution in [0.4, 0.5) is 29.3 Å². The first kappa shape index (κ1) is 23.6. The van der Waals surface area contributed by atoms with Crippen LogP contribution in [0, 0.1) is 0 Å². The van der Waals surface area contributed by atoms with E-state index in [1.807, 2.05) is 54.6 Å². The van der Waals surface area contributed by atoms with Gasteiger partial charge in [0, 0.05) is 18.3 Å². The molecule has 0 aliphatic carbocycles. The predicted molar refractivity (Wildman–Crippen MR) is 126 cm³/mol. The number of anilines is 2. The van der Waals surface area contributed by atoms with Crippen molar-refractivity contribution in [2.24, 2.45) is 0 Å². The van der Waals surface area contributed by atoms with Crippen LogP contribution in [0.25, 0.3) is 0 Å². The van der Waals surface area contributed by atoms with Gasteiger partial charge >= 0.3 is 12.4 Å². The zero-order valence-corrected chi connectivity index (χ0v) is 18.3. The van der Waals surface area contributed by atoms with Crippen molar-refractivity contribution in [2.75, 3.05) is 10.6 Å². The highest BCUT2D eigenvalue weighted by Crippen LogP contribution is 2.31. The summed E-state index contributed by atoms with van der Waals surface area (Å²) >= 11 is 0. The first-order valence-corrected chi connectivity index (χ1v) is 10.5. The van der Waals surface area contributed by atoms with Gasteiger partial charge in [0.05, 0.1) is 0 Å². The highest BCUT2D eigenvalue weighted by molar-refractivity contribution is 6.00. The Morgan fingerprint density at radius 1 is 0.829 bits per heavy atom. The standard InChI is InChI=1S/C26H20F3N3O3/c27-26(28,29)35-21-14-12-20(13-15-21)31-25(33)32-22-10-6-16-30-24(22)34-23-11-5-4-9-19(23)17-18-7-2-1-3-8-18/h1-16H,17H2,(H2,31,32,33). The topological polar surface area (TPSA) is 72.5 Å². The van der Waals surface area contributed by atoms with E-state index in [-0.39, 0.29) is 17.3 Å². The van der Waals surface area contributed by atoms with Gasteiger partial charge in [-0.3, -0.25) is 0 Å². The molecule has 0 saturated carbocycles. The third-order valence-corrected chi connectivity index (χ3v) is 4.78. The number of pyridine rings is 1. The molecule has 0 spiro atoms. The number of halogens is 3. The van der Waals surface area contributed by atoms with E-state index in [0.717, 1.165) is 23.3 Å². The van der Waals surface area contributed by atoms with E-state index < -0.39 is 12.4 Å². The summed E-state index contributed by atoms with van der Waals surface area (Å²) in [6.45, 7) is 0. The fourth-order valence-corrected chi connectivity index (χ4v) is 3.26. The van der Waals surface area contributed by atoms with Gasteiger partial charge in [0.1, 0.15) is 17.2 Å². The molecule has 4 aromatic rings. The summed E-state index contributed by atoms with van der Waals surface area (Å²) in [5.41, 5.74) is 2.66. The number of alkyl halides is 3. The molecule has 0 aliphatic heterocycles. The van der Waals surface area contributed by atoms with E-state index >= 15 is 0 Å². The summed E-state index contributed by atoms with van der Waals surface area (Å²) in [5.74, 6) is 0.399. The number of nitrogens with one attached hydrogen (secondary N) is 2. The van der Waals surface area contributed by atoms with E-state index in [1.54, 1.807) is 12.1 Å². The smallest absolute Gasteiger partial charge is 0.437 e. The molecule has 0 saturated heterocycles. The normalized spacial score (nSPS) is 10.9. The van der Waals surface area contributed by atoms with Gasteiger partial charge in [0.15, 0.2) is 0 Å². The molecule has 9 heteroatoms. The van der Waals surface area contributed by atoms with Crippen LogP contribution in [0.5, 0.6) is 17.4 Å². The number of carbonyl (C=O) groups is 1. The molecule has 6 nitrogen and oxygen atoms in total. The molecule has 3 aromatic carbocycles. The second-order valence-electron chi connectivity index (χ2n) is 7.38. The molecule has 2 N–H and O–H groups in total. The van der Waals surface area contributed by atoms with Crippen molar-refractivity contribution >= 4 is 17.4 Å². The molecule has 0 bridgehead atoms. The maximum absolute atomic E-state index is 12.5. The van der Waals surface area contributed by atoms with Crippen molar-refractivity contribution in [1.82, 2.24) is 4.98 Å². The van der Waals surface area contributed by atoms with Gasteiger partial charge in [-0.25, -0.2) is 9.78 Å². The van der Waals surface area contributed by atoms with Crippen molar-refractivity contribution in [3.8, 4) is 17.4 Å². The Kier molecular flexibility index (Phi) is 7.15. The van der Waals surface area contributed by atoms with E-state index in [9.17, 15) is 18.0 Å². The number of hydrogen-bond donors (Lipinski definition) is 2. The lowest BCUT2D eigenvalue weighted by molar-refractivity contribution is -0.274. The Bertz CT molecular complexity index is 1280. The first-order valence-electron chi connectivity index (χ1n) is 10.5. The fourth-order valence-electron chi connectivity index (χ4n) is 3.26. The van der Waals surface area contributed by atoms with Gasteiger partial charge in [0.25, 0.3) is 0 Å². The third-order valence-electron chi connectivity index (χ3n) is 4.78. The number of rotatable bonds is 7. The highest BCUT2D eigenvalue weighted by atomic mass is 19.4. The maximum Gasteiger partial charge on any atom is 0.573 e. The fraction of sp³-hybridized carbons (Fsp3) is 0.0769. The third kappa shape index (κ3) is 6.97. The van der Waals surface area contributed by atoms with Crippen molar-refractivity contribution in [3.63, 3.8) is 0 Å². The van der Waals surface area contributed by atoms with Gasteiger partial charge in [-0.2, -0.15) is 0 Å². The molecule has 4 rings (SSSR count). The van der Waals surface area contributed by atoms with Crippen LogP contribution in [0.2, 0.25) is 0 Å². The van der Waals surface area contributed by atoms with E-state index in [2.05, 4.69) is 20.4 Å². The number of benzene rings is 3. The van der Waals surface area contributed by atoms with Crippen LogP contribution < -0.4 is 20.1 Å². The average molecular weight is 479 g/mol. The zero-order chi connectivity index (χ0) is 24.7.